The monoisotopic (exact) mass is 229 g/mol. The van der Waals surface area contributed by atoms with Crippen molar-refractivity contribution in [2.45, 2.75) is 47.0 Å². The van der Waals surface area contributed by atoms with E-state index in [0.717, 1.165) is 25.8 Å². The van der Waals surface area contributed by atoms with Crippen LogP contribution >= 0.6 is 0 Å². The van der Waals surface area contributed by atoms with Crippen LogP contribution in [-0.2, 0) is 4.79 Å². The van der Waals surface area contributed by atoms with E-state index in [1.165, 1.54) is 0 Å². The maximum absolute atomic E-state index is 11.0. The molecule has 0 heterocycles. The predicted octanol–water partition coefficient (Wildman–Crippen LogP) is 2.76. The second kappa shape index (κ2) is 8.57. The highest BCUT2D eigenvalue weighted by atomic mass is 16.4. The van der Waals surface area contributed by atoms with Crippen LogP contribution in [0.2, 0.25) is 0 Å². The van der Waals surface area contributed by atoms with Crippen molar-refractivity contribution in [1.29, 1.82) is 0 Å². The lowest BCUT2D eigenvalue weighted by Crippen LogP contribution is -2.32. The van der Waals surface area contributed by atoms with Gasteiger partial charge in [0, 0.05) is 6.54 Å². The third-order valence-corrected chi connectivity index (χ3v) is 3.08. The lowest BCUT2D eigenvalue weighted by Gasteiger charge is -2.18. The maximum atomic E-state index is 11.0. The van der Waals surface area contributed by atoms with Crippen LogP contribution in [0.4, 0.5) is 0 Å². The standard InChI is InChI=1S/C13H27NO2/c1-5-11(6-2)8-14-9-12(13(15)16)7-10(3)4/h10-12,14H,5-9H2,1-4H3,(H,15,16). The molecule has 0 rings (SSSR count). The van der Waals surface area contributed by atoms with Crippen molar-refractivity contribution in [1.82, 2.24) is 5.32 Å². The normalized spacial score (nSPS) is 13.4. The molecule has 0 aromatic heterocycles. The van der Waals surface area contributed by atoms with Crippen LogP contribution in [0.5, 0.6) is 0 Å². The quantitative estimate of drug-likeness (QED) is 0.639. The minimum Gasteiger partial charge on any atom is -0.481 e. The van der Waals surface area contributed by atoms with Crippen molar-refractivity contribution in [2.24, 2.45) is 17.8 Å². The lowest BCUT2D eigenvalue weighted by molar-refractivity contribution is -0.142. The first-order valence-electron chi connectivity index (χ1n) is 6.44. The molecule has 0 amide bonds. The summed E-state index contributed by atoms with van der Waals surface area (Å²) in [5.74, 6) is 0.199. The van der Waals surface area contributed by atoms with Gasteiger partial charge in [0.25, 0.3) is 0 Å². The van der Waals surface area contributed by atoms with E-state index in [9.17, 15) is 4.79 Å². The minimum absolute atomic E-state index is 0.241. The van der Waals surface area contributed by atoms with Gasteiger partial charge >= 0.3 is 5.97 Å². The Morgan fingerprint density at radius 2 is 1.75 bits per heavy atom. The minimum atomic E-state index is -0.675. The fraction of sp³-hybridized carbons (Fsp3) is 0.923. The summed E-state index contributed by atoms with van der Waals surface area (Å²) >= 11 is 0. The second-order valence-electron chi connectivity index (χ2n) is 5.01. The second-order valence-corrected chi connectivity index (χ2v) is 5.01. The molecule has 0 aromatic rings. The Kier molecular flexibility index (Phi) is 8.26. The summed E-state index contributed by atoms with van der Waals surface area (Å²) in [5, 5.41) is 12.4. The average Bonchev–Trinajstić information content (AvgIpc) is 2.22. The van der Waals surface area contributed by atoms with E-state index in [-0.39, 0.29) is 5.92 Å². The first kappa shape index (κ1) is 15.4. The van der Waals surface area contributed by atoms with Crippen LogP contribution in [0.1, 0.15) is 47.0 Å². The van der Waals surface area contributed by atoms with E-state index < -0.39 is 5.97 Å². The Morgan fingerprint density at radius 3 is 2.12 bits per heavy atom. The zero-order valence-corrected chi connectivity index (χ0v) is 11.1. The van der Waals surface area contributed by atoms with Gasteiger partial charge in [-0.3, -0.25) is 4.79 Å². The van der Waals surface area contributed by atoms with Crippen LogP contribution in [0, 0.1) is 17.8 Å². The SMILES string of the molecule is CCC(CC)CNCC(CC(C)C)C(=O)O. The molecule has 16 heavy (non-hydrogen) atoms. The van der Waals surface area contributed by atoms with E-state index >= 15 is 0 Å². The van der Waals surface area contributed by atoms with Crippen LogP contribution in [0.3, 0.4) is 0 Å². The lowest BCUT2D eigenvalue weighted by atomic mass is 9.96. The third-order valence-electron chi connectivity index (χ3n) is 3.08. The van der Waals surface area contributed by atoms with Gasteiger partial charge < -0.3 is 10.4 Å². The van der Waals surface area contributed by atoms with Crippen molar-refractivity contribution in [2.75, 3.05) is 13.1 Å². The number of hydrogen-bond donors (Lipinski definition) is 2. The third kappa shape index (κ3) is 6.83. The van der Waals surface area contributed by atoms with Gasteiger partial charge in [-0.1, -0.05) is 40.5 Å². The Morgan fingerprint density at radius 1 is 1.19 bits per heavy atom. The Hall–Kier alpha value is -0.570. The fourth-order valence-electron chi connectivity index (χ4n) is 1.88. The van der Waals surface area contributed by atoms with Crippen LogP contribution in [0.25, 0.3) is 0 Å². The van der Waals surface area contributed by atoms with Crippen molar-refractivity contribution in [3.05, 3.63) is 0 Å². The molecule has 0 saturated carbocycles. The van der Waals surface area contributed by atoms with Crippen molar-refractivity contribution >= 4 is 5.97 Å². The Labute approximate surface area is 99.6 Å². The molecule has 3 heteroatoms. The highest BCUT2D eigenvalue weighted by Crippen LogP contribution is 2.12. The molecule has 0 aromatic carbocycles. The summed E-state index contributed by atoms with van der Waals surface area (Å²) in [6.45, 7) is 10.0. The summed E-state index contributed by atoms with van der Waals surface area (Å²) in [6.07, 6.45) is 3.07. The molecule has 3 nitrogen and oxygen atoms in total. The molecule has 0 aliphatic heterocycles. The summed E-state index contributed by atoms with van der Waals surface area (Å²) in [7, 11) is 0. The number of carbonyl (C=O) groups is 1. The molecular formula is C13H27NO2. The number of carboxylic acids is 1. The summed E-state index contributed by atoms with van der Waals surface area (Å²) < 4.78 is 0. The fourth-order valence-corrected chi connectivity index (χ4v) is 1.88. The Bertz CT molecular complexity index is 188. The van der Waals surface area contributed by atoms with E-state index in [0.29, 0.717) is 18.4 Å². The highest BCUT2D eigenvalue weighted by molar-refractivity contribution is 5.70. The summed E-state index contributed by atoms with van der Waals surface area (Å²) in [6, 6.07) is 0. The molecule has 0 fully saturated rings. The molecular weight excluding hydrogens is 202 g/mol. The smallest absolute Gasteiger partial charge is 0.307 e. The molecule has 2 N–H and O–H groups in total. The van der Waals surface area contributed by atoms with Gasteiger partial charge in [0.2, 0.25) is 0 Å². The highest BCUT2D eigenvalue weighted by Gasteiger charge is 2.18. The Balaban J connectivity index is 3.88. The average molecular weight is 229 g/mol. The molecule has 1 atom stereocenters. The number of nitrogens with one attached hydrogen (secondary N) is 1. The van der Waals surface area contributed by atoms with Gasteiger partial charge in [-0.25, -0.2) is 0 Å². The first-order chi connectivity index (χ1) is 7.51. The molecule has 0 aliphatic carbocycles. The molecule has 0 radical (unpaired) electrons. The molecule has 0 aliphatic rings. The number of aliphatic carboxylic acids is 1. The van der Waals surface area contributed by atoms with Crippen molar-refractivity contribution in [3.63, 3.8) is 0 Å². The van der Waals surface area contributed by atoms with Gasteiger partial charge in [-0.05, 0) is 24.8 Å². The molecule has 0 saturated heterocycles. The number of hydrogen-bond acceptors (Lipinski definition) is 2. The molecule has 1 unspecified atom stereocenters. The molecule has 0 bridgehead atoms. The van der Waals surface area contributed by atoms with Gasteiger partial charge in [0.1, 0.15) is 0 Å². The molecule has 0 spiro atoms. The zero-order chi connectivity index (χ0) is 12.6. The van der Waals surface area contributed by atoms with Crippen LogP contribution < -0.4 is 5.32 Å². The summed E-state index contributed by atoms with van der Waals surface area (Å²) in [4.78, 5) is 11.0. The predicted molar refractivity (Wildman–Crippen MR) is 67.5 cm³/mol. The van der Waals surface area contributed by atoms with E-state index in [1.807, 2.05) is 0 Å². The van der Waals surface area contributed by atoms with E-state index in [2.05, 4.69) is 33.0 Å². The maximum Gasteiger partial charge on any atom is 0.307 e. The van der Waals surface area contributed by atoms with Crippen LogP contribution in [0.15, 0.2) is 0 Å². The van der Waals surface area contributed by atoms with Crippen LogP contribution in [-0.4, -0.2) is 24.2 Å². The van der Waals surface area contributed by atoms with E-state index in [1.54, 1.807) is 0 Å². The van der Waals surface area contributed by atoms with Crippen molar-refractivity contribution in [3.8, 4) is 0 Å². The zero-order valence-electron chi connectivity index (χ0n) is 11.1. The van der Waals surface area contributed by atoms with Gasteiger partial charge in [0.05, 0.1) is 5.92 Å². The molecule has 96 valence electrons. The van der Waals surface area contributed by atoms with Crippen molar-refractivity contribution < 1.29 is 9.90 Å². The number of rotatable bonds is 9. The first-order valence-corrected chi connectivity index (χ1v) is 6.44. The number of carboxylic acid groups (broad SMARTS) is 1. The van der Waals surface area contributed by atoms with Gasteiger partial charge in [0.15, 0.2) is 0 Å². The van der Waals surface area contributed by atoms with Gasteiger partial charge in [-0.15, -0.1) is 0 Å². The van der Waals surface area contributed by atoms with Gasteiger partial charge in [-0.2, -0.15) is 0 Å². The summed E-state index contributed by atoms with van der Waals surface area (Å²) in [5.41, 5.74) is 0. The largest absolute Gasteiger partial charge is 0.481 e. The topological polar surface area (TPSA) is 49.3 Å². The van der Waals surface area contributed by atoms with E-state index in [4.69, 9.17) is 5.11 Å².